The van der Waals surface area contributed by atoms with Gasteiger partial charge in [0.15, 0.2) is 0 Å². The van der Waals surface area contributed by atoms with Gasteiger partial charge in [-0.1, -0.05) is 69.2 Å². The van der Waals surface area contributed by atoms with Crippen molar-refractivity contribution in [3.05, 3.63) is 89.5 Å². The van der Waals surface area contributed by atoms with E-state index >= 15 is 0 Å². The number of allylic oxidation sites excluding steroid dienone is 2. The molecule has 0 amide bonds. The van der Waals surface area contributed by atoms with Crippen LogP contribution >= 0.6 is 0 Å². The number of aliphatic carboxylic acids is 1. The van der Waals surface area contributed by atoms with E-state index in [0.29, 0.717) is 12.5 Å². The number of carboxylic acid groups (broad SMARTS) is 1. The highest BCUT2D eigenvalue weighted by atomic mass is 16.5. The van der Waals surface area contributed by atoms with Crippen molar-refractivity contribution >= 4 is 11.5 Å². The summed E-state index contributed by atoms with van der Waals surface area (Å²) in [6.45, 7) is 5.10. The monoisotopic (exact) mass is 510 g/mol. The summed E-state index contributed by atoms with van der Waals surface area (Å²) in [5.74, 6) is 1.60. The van der Waals surface area contributed by atoms with E-state index in [9.17, 15) is 9.90 Å². The molecule has 3 aromatic rings. The molecule has 2 aliphatic carbocycles. The molecule has 0 radical (unpaired) electrons. The standard InChI is InChI=1S/C34H38O4/c1-34(2)16-6-11-32(34)31-18-24(14-15-30(31)26-8-5-9-28(20-26)37-3)22-38-29-10-4-7-25(19-29)27(21-33(35)36)17-23-12-13-23/h4-5,7-11,14-15,18-20,23,27H,6,12-13,16-17,21-22H2,1-3H3,(H,35,36)/t27-/m1/s1. The SMILES string of the molecule is COc1cccc(-c2ccc(COc3cccc([C@@H](CC(=O)O)CC4CC4)c3)cc2C2=CCCC2(C)C)c1. The van der Waals surface area contributed by atoms with Gasteiger partial charge >= 0.3 is 5.97 Å². The Balaban J connectivity index is 1.40. The van der Waals surface area contributed by atoms with Crippen LogP contribution in [0.15, 0.2) is 72.8 Å². The first-order valence-corrected chi connectivity index (χ1v) is 13.8. The molecular formula is C34H38O4. The van der Waals surface area contributed by atoms with E-state index in [-0.39, 0.29) is 17.8 Å². The summed E-state index contributed by atoms with van der Waals surface area (Å²) in [5.41, 5.74) is 7.26. The van der Waals surface area contributed by atoms with Crippen molar-refractivity contribution in [2.75, 3.05) is 7.11 Å². The van der Waals surface area contributed by atoms with Crippen LogP contribution in [0.4, 0.5) is 0 Å². The van der Waals surface area contributed by atoms with Gasteiger partial charge in [-0.3, -0.25) is 4.79 Å². The molecule has 1 saturated carbocycles. The Morgan fingerprint density at radius 1 is 1.00 bits per heavy atom. The summed E-state index contributed by atoms with van der Waals surface area (Å²) < 4.78 is 11.8. The van der Waals surface area contributed by atoms with Crippen LogP contribution in [0.2, 0.25) is 0 Å². The van der Waals surface area contributed by atoms with Crippen molar-refractivity contribution in [3.8, 4) is 22.6 Å². The Morgan fingerprint density at radius 2 is 1.79 bits per heavy atom. The van der Waals surface area contributed by atoms with Gasteiger partial charge in [0.25, 0.3) is 0 Å². The zero-order valence-electron chi connectivity index (χ0n) is 22.7. The molecular weight excluding hydrogens is 472 g/mol. The Bertz CT molecular complexity index is 1330. The van der Waals surface area contributed by atoms with Crippen molar-refractivity contribution in [2.45, 2.75) is 64.9 Å². The third-order valence-corrected chi connectivity index (χ3v) is 8.07. The first-order valence-electron chi connectivity index (χ1n) is 13.8. The normalized spacial score (nSPS) is 17.1. The topological polar surface area (TPSA) is 55.8 Å². The van der Waals surface area contributed by atoms with Gasteiger partial charge in [0.2, 0.25) is 0 Å². The quantitative estimate of drug-likeness (QED) is 0.281. The smallest absolute Gasteiger partial charge is 0.303 e. The summed E-state index contributed by atoms with van der Waals surface area (Å²) in [4.78, 5) is 11.5. The summed E-state index contributed by atoms with van der Waals surface area (Å²) in [7, 11) is 1.70. The molecule has 0 bridgehead atoms. The number of carboxylic acids is 1. The van der Waals surface area contributed by atoms with E-state index < -0.39 is 5.97 Å². The van der Waals surface area contributed by atoms with Crippen LogP contribution in [0.3, 0.4) is 0 Å². The molecule has 2 aliphatic rings. The lowest BCUT2D eigenvalue weighted by molar-refractivity contribution is -0.137. The largest absolute Gasteiger partial charge is 0.497 e. The lowest BCUT2D eigenvalue weighted by Gasteiger charge is -2.25. The molecule has 198 valence electrons. The maximum absolute atomic E-state index is 11.5. The maximum atomic E-state index is 11.5. The highest BCUT2D eigenvalue weighted by Gasteiger charge is 2.30. The third kappa shape index (κ3) is 6.12. The van der Waals surface area contributed by atoms with Crippen LogP contribution in [0.1, 0.15) is 75.0 Å². The minimum atomic E-state index is -0.741. The molecule has 3 aromatic carbocycles. The van der Waals surface area contributed by atoms with E-state index in [1.165, 1.54) is 29.5 Å². The minimum Gasteiger partial charge on any atom is -0.497 e. The molecule has 0 spiro atoms. The van der Waals surface area contributed by atoms with Gasteiger partial charge in [0.05, 0.1) is 13.5 Å². The molecule has 0 heterocycles. The van der Waals surface area contributed by atoms with Crippen LogP contribution < -0.4 is 9.47 Å². The number of hydrogen-bond acceptors (Lipinski definition) is 3. The molecule has 1 atom stereocenters. The number of benzene rings is 3. The molecule has 0 unspecified atom stereocenters. The fraction of sp³-hybridized carbons (Fsp3) is 0.382. The highest BCUT2D eigenvalue weighted by molar-refractivity contribution is 5.85. The molecule has 4 heteroatoms. The Kier molecular flexibility index (Phi) is 7.60. The summed E-state index contributed by atoms with van der Waals surface area (Å²) >= 11 is 0. The van der Waals surface area contributed by atoms with Crippen LogP contribution in [0.25, 0.3) is 16.7 Å². The van der Waals surface area contributed by atoms with E-state index in [4.69, 9.17) is 9.47 Å². The van der Waals surface area contributed by atoms with Crippen molar-refractivity contribution < 1.29 is 19.4 Å². The minimum absolute atomic E-state index is 0.0360. The Labute approximate surface area is 226 Å². The number of hydrogen-bond donors (Lipinski definition) is 1. The summed E-state index contributed by atoms with van der Waals surface area (Å²) in [6, 6.07) is 22.9. The number of methoxy groups -OCH3 is 1. The van der Waals surface area contributed by atoms with E-state index in [2.05, 4.69) is 50.3 Å². The highest BCUT2D eigenvalue weighted by Crippen LogP contribution is 2.47. The Hall–Kier alpha value is -3.53. The third-order valence-electron chi connectivity index (χ3n) is 8.07. The molecule has 4 nitrogen and oxygen atoms in total. The van der Waals surface area contributed by atoms with E-state index in [1.807, 2.05) is 36.4 Å². The first-order chi connectivity index (χ1) is 18.3. The van der Waals surface area contributed by atoms with Crippen molar-refractivity contribution in [1.29, 1.82) is 0 Å². The fourth-order valence-electron chi connectivity index (χ4n) is 5.74. The van der Waals surface area contributed by atoms with E-state index in [1.54, 1.807) is 7.11 Å². The second kappa shape index (κ2) is 11.1. The lowest BCUT2D eigenvalue weighted by atomic mass is 9.79. The molecule has 1 fully saturated rings. The maximum Gasteiger partial charge on any atom is 0.303 e. The molecule has 0 saturated heterocycles. The number of rotatable bonds is 11. The first kappa shape index (κ1) is 26.1. The van der Waals surface area contributed by atoms with Crippen molar-refractivity contribution in [3.63, 3.8) is 0 Å². The summed E-state index contributed by atoms with van der Waals surface area (Å²) in [6.07, 6.45) is 8.16. The molecule has 0 aromatic heterocycles. The lowest BCUT2D eigenvalue weighted by Crippen LogP contribution is -2.10. The van der Waals surface area contributed by atoms with Gasteiger partial charge < -0.3 is 14.6 Å². The van der Waals surface area contributed by atoms with Crippen molar-refractivity contribution in [2.24, 2.45) is 11.3 Å². The van der Waals surface area contributed by atoms with Gasteiger partial charge in [-0.15, -0.1) is 0 Å². The second-order valence-electron chi connectivity index (χ2n) is 11.5. The number of ether oxygens (including phenoxy) is 2. The predicted molar refractivity (Wildman–Crippen MR) is 153 cm³/mol. The molecule has 0 aliphatic heterocycles. The van der Waals surface area contributed by atoms with Gasteiger partial charge in [0, 0.05) is 0 Å². The van der Waals surface area contributed by atoms with Gasteiger partial charge in [0.1, 0.15) is 18.1 Å². The average Bonchev–Trinajstić information content (AvgIpc) is 3.66. The van der Waals surface area contributed by atoms with Gasteiger partial charge in [-0.25, -0.2) is 0 Å². The van der Waals surface area contributed by atoms with Gasteiger partial charge in [-0.2, -0.15) is 0 Å². The molecule has 38 heavy (non-hydrogen) atoms. The zero-order valence-corrected chi connectivity index (χ0v) is 22.7. The summed E-state index contributed by atoms with van der Waals surface area (Å²) in [5, 5.41) is 9.44. The van der Waals surface area contributed by atoms with Crippen LogP contribution in [0.5, 0.6) is 11.5 Å². The number of carbonyl (C=O) groups is 1. The van der Waals surface area contributed by atoms with Gasteiger partial charge in [-0.05, 0) is 100 Å². The van der Waals surface area contributed by atoms with Crippen LogP contribution in [0, 0.1) is 11.3 Å². The van der Waals surface area contributed by atoms with Crippen LogP contribution in [-0.4, -0.2) is 18.2 Å². The molecule has 1 N–H and O–H groups in total. The molecule has 5 rings (SSSR count). The van der Waals surface area contributed by atoms with Crippen molar-refractivity contribution in [1.82, 2.24) is 0 Å². The van der Waals surface area contributed by atoms with Crippen LogP contribution in [-0.2, 0) is 11.4 Å². The fourth-order valence-corrected chi connectivity index (χ4v) is 5.74. The predicted octanol–water partition coefficient (Wildman–Crippen LogP) is 8.50. The Morgan fingerprint density at radius 3 is 2.50 bits per heavy atom. The average molecular weight is 511 g/mol. The zero-order chi connectivity index (χ0) is 26.7. The second-order valence-corrected chi connectivity index (χ2v) is 11.5. The van der Waals surface area contributed by atoms with E-state index in [0.717, 1.165) is 47.5 Å².